The summed E-state index contributed by atoms with van der Waals surface area (Å²) in [6.45, 7) is 0. The van der Waals surface area contributed by atoms with Gasteiger partial charge in [0.05, 0.1) is 5.56 Å². The maximum Gasteiger partial charge on any atom is 0.501 e. The zero-order chi connectivity index (χ0) is 16.2. The first-order valence-electron chi connectivity index (χ1n) is 7.00. The number of ether oxygens (including phenoxy) is 2. The number of esters is 1. The van der Waals surface area contributed by atoms with E-state index in [9.17, 15) is 18.4 Å². The highest BCUT2D eigenvalue weighted by Gasteiger charge is 2.42. The Bertz CT molecular complexity index is 535. The van der Waals surface area contributed by atoms with Crippen molar-refractivity contribution in [1.82, 2.24) is 0 Å². The zero-order valence-corrected chi connectivity index (χ0v) is 11.8. The molecule has 0 saturated heterocycles. The number of carbonyl (C=O) groups excluding carboxylic acids is 1. The molecule has 1 aromatic carbocycles. The van der Waals surface area contributed by atoms with Crippen LogP contribution in [-0.4, -0.2) is 29.3 Å². The van der Waals surface area contributed by atoms with Crippen LogP contribution in [0.15, 0.2) is 24.3 Å². The average molecular weight is 314 g/mol. The van der Waals surface area contributed by atoms with Gasteiger partial charge in [0.2, 0.25) is 0 Å². The van der Waals surface area contributed by atoms with Crippen LogP contribution < -0.4 is 4.74 Å². The minimum absolute atomic E-state index is 0.103. The highest BCUT2D eigenvalue weighted by molar-refractivity contribution is 5.89. The molecule has 5 nitrogen and oxygen atoms in total. The second-order valence-electron chi connectivity index (χ2n) is 5.11. The van der Waals surface area contributed by atoms with Gasteiger partial charge < -0.3 is 14.6 Å². The topological polar surface area (TPSA) is 72.8 Å². The molecule has 0 spiro atoms. The lowest BCUT2D eigenvalue weighted by molar-refractivity contribution is -0.210. The van der Waals surface area contributed by atoms with Gasteiger partial charge in [-0.1, -0.05) is 6.42 Å². The van der Waals surface area contributed by atoms with E-state index in [1.807, 2.05) is 0 Å². The number of carboxylic acid groups (broad SMARTS) is 1. The van der Waals surface area contributed by atoms with Crippen LogP contribution in [0.1, 0.15) is 42.5 Å². The quantitative estimate of drug-likeness (QED) is 0.845. The summed E-state index contributed by atoms with van der Waals surface area (Å²) in [6, 6.07) is 4.74. The summed E-state index contributed by atoms with van der Waals surface area (Å²) in [5.41, 5.74) is 0.205. The van der Waals surface area contributed by atoms with E-state index in [1.165, 1.54) is 12.1 Å². The largest absolute Gasteiger partial charge is 0.501 e. The highest BCUT2D eigenvalue weighted by Crippen LogP contribution is 2.24. The van der Waals surface area contributed by atoms with Gasteiger partial charge in [-0.3, -0.25) is 0 Å². The van der Waals surface area contributed by atoms with Crippen LogP contribution in [-0.2, 0) is 9.53 Å². The molecule has 2 rings (SSSR count). The molecule has 1 N–H and O–H groups in total. The van der Waals surface area contributed by atoms with Crippen LogP contribution in [0.3, 0.4) is 0 Å². The summed E-state index contributed by atoms with van der Waals surface area (Å²) in [5, 5.41) is 8.28. The Labute approximate surface area is 125 Å². The SMILES string of the molecule is O=C(OC1CCCCC1)c1ccc(OC(F)(F)C(=O)O)cc1. The number of alkyl halides is 2. The molecule has 0 amide bonds. The molecule has 0 unspecified atom stereocenters. The van der Waals surface area contributed by atoms with E-state index in [0.29, 0.717) is 0 Å². The molecule has 1 aliphatic rings. The number of carboxylic acids is 1. The molecule has 1 aromatic rings. The van der Waals surface area contributed by atoms with E-state index in [-0.39, 0.29) is 17.4 Å². The van der Waals surface area contributed by atoms with Gasteiger partial charge in [0.25, 0.3) is 0 Å². The third-order valence-corrected chi connectivity index (χ3v) is 3.41. The van der Waals surface area contributed by atoms with Crippen LogP contribution in [0.5, 0.6) is 5.75 Å². The molecular formula is C15H16F2O5. The number of hydrogen-bond donors (Lipinski definition) is 1. The van der Waals surface area contributed by atoms with E-state index < -0.39 is 18.0 Å². The van der Waals surface area contributed by atoms with Gasteiger partial charge in [0.1, 0.15) is 11.9 Å². The third-order valence-electron chi connectivity index (χ3n) is 3.41. The van der Waals surface area contributed by atoms with Crippen molar-refractivity contribution in [1.29, 1.82) is 0 Å². The molecular weight excluding hydrogens is 298 g/mol. The molecule has 0 atom stereocenters. The summed E-state index contributed by atoms with van der Waals surface area (Å²) >= 11 is 0. The van der Waals surface area contributed by atoms with Crippen molar-refractivity contribution in [3.05, 3.63) is 29.8 Å². The smallest absolute Gasteiger partial charge is 0.474 e. The van der Waals surface area contributed by atoms with Crippen molar-refractivity contribution in [2.45, 2.75) is 44.3 Å². The maximum atomic E-state index is 12.9. The van der Waals surface area contributed by atoms with Crippen molar-refractivity contribution in [2.24, 2.45) is 0 Å². The number of aliphatic carboxylic acids is 1. The molecule has 1 fully saturated rings. The van der Waals surface area contributed by atoms with Gasteiger partial charge in [0, 0.05) is 0 Å². The molecule has 0 bridgehead atoms. The maximum absolute atomic E-state index is 12.9. The molecule has 120 valence electrons. The van der Waals surface area contributed by atoms with Gasteiger partial charge in [-0.25, -0.2) is 9.59 Å². The van der Waals surface area contributed by atoms with Gasteiger partial charge in [-0.05, 0) is 49.9 Å². The molecule has 0 aliphatic heterocycles. The van der Waals surface area contributed by atoms with Crippen molar-refractivity contribution >= 4 is 11.9 Å². The lowest BCUT2D eigenvalue weighted by Gasteiger charge is -2.21. The Hall–Kier alpha value is -2.18. The van der Waals surface area contributed by atoms with Crippen molar-refractivity contribution in [3.63, 3.8) is 0 Å². The first-order valence-corrected chi connectivity index (χ1v) is 7.00. The number of rotatable bonds is 5. The first kappa shape index (κ1) is 16.2. The Balaban J connectivity index is 1.96. The normalized spacial score (nSPS) is 16.1. The van der Waals surface area contributed by atoms with Gasteiger partial charge in [-0.2, -0.15) is 8.78 Å². The fourth-order valence-electron chi connectivity index (χ4n) is 2.25. The lowest BCUT2D eigenvalue weighted by Crippen LogP contribution is -2.34. The zero-order valence-electron chi connectivity index (χ0n) is 11.8. The van der Waals surface area contributed by atoms with Crippen LogP contribution in [0.2, 0.25) is 0 Å². The summed E-state index contributed by atoms with van der Waals surface area (Å²) in [6.07, 6.45) is 0.426. The number of benzene rings is 1. The Morgan fingerprint density at radius 1 is 1.09 bits per heavy atom. The Morgan fingerprint density at radius 3 is 2.23 bits per heavy atom. The predicted molar refractivity (Wildman–Crippen MR) is 71.9 cm³/mol. The lowest BCUT2D eigenvalue weighted by atomic mass is 9.98. The standard InChI is InChI=1S/C15H16F2O5/c16-15(17,14(19)20)22-12-8-6-10(7-9-12)13(18)21-11-4-2-1-3-5-11/h6-9,11H,1-5H2,(H,19,20). The Kier molecular flexibility index (Phi) is 4.95. The fraction of sp³-hybridized carbons (Fsp3) is 0.467. The molecule has 22 heavy (non-hydrogen) atoms. The van der Waals surface area contributed by atoms with E-state index in [0.717, 1.165) is 44.2 Å². The minimum atomic E-state index is -4.32. The van der Waals surface area contributed by atoms with Crippen LogP contribution in [0.4, 0.5) is 8.78 Å². The van der Waals surface area contributed by atoms with Crippen LogP contribution >= 0.6 is 0 Å². The molecule has 0 aromatic heterocycles. The minimum Gasteiger partial charge on any atom is -0.474 e. The predicted octanol–water partition coefficient (Wildman–Crippen LogP) is 3.23. The van der Waals surface area contributed by atoms with E-state index in [2.05, 4.69) is 4.74 Å². The van der Waals surface area contributed by atoms with Crippen LogP contribution in [0, 0.1) is 0 Å². The summed E-state index contributed by atoms with van der Waals surface area (Å²) in [4.78, 5) is 22.2. The molecule has 0 radical (unpaired) electrons. The summed E-state index contributed by atoms with van der Waals surface area (Å²) < 4.78 is 35.2. The van der Waals surface area contributed by atoms with Crippen LogP contribution in [0.25, 0.3) is 0 Å². The second kappa shape index (κ2) is 6.72. The van der Waals surface area contributed by atoms with E-state index >= 15 is 0 Å². The average Bonchev–Trinajstić information content (AvgIpc) is 2.48. The van der Waals surface area contributed by atoms with Gasteiger partial charge in [-0.15, -0.1) is 0 Å². The van der Waals surface area contributed by atoms with Crippen molar-refractivity contribution in [3.8, 4) is 5.75 Å². The van der Waals surface area contributed by atoms with Crippen molar-refractivity contribution in [2.75, 3.05) is 0 Å². The van der Waals surface area contributed by atoms with Gasteiger partial charge >= 0.3 is 18.0 Å². The summed E-state index contributed by atoms with van der Waals surface area (Å²) in [7, 11) is 0. The van der Waals surface area contributed by atoms with Crippen molar-refractivity contribution < 1.29 is 33.0 Å². The molecule has 7 heteroatoms. The summed E-state index contributed by atoms with van der Waals surface area (Å²) in [5.74, 6) is -3.25. The number of halogens is 2. The highest BCUT2D eigenvalue weighted by atomic mass is 19.3. The monoisotopic (exact) mass is 314 g/mol. The molecule has 1 aliphatic carbocycles. The third kappa shape index (κ3) is 4.16. The number of carbonyl (C=O) groups is 2. The second-order valence-corrected chi connectivity index (χ2v) is 5.11. The van der Waals surface area contributed by atoms with E-state index in [1.54, 1.807) is 0 Å². The molecule has 0 heterocycles. The molecule has 1 saturated carbocycles. The number of hydrogen-bond acceptors (Lipinski definition) is 4. The first-order chi connectivity index (χ1) is 10.4. The van der Waals surface area contributed by atoms with Gasteiger partial charge in [0.15, 0.2) is 0 Å². The Morgan fingerprint density at radius 2 is 1.68 bits per heavy atom. The van der Waals surface area contributed by atoms with E-state index in [4.69, 9.17) is 9.84 Å². The fourth-order valence-corrected chi connectivity index (χ4v) is 2.25.